The number of benzene rings is 17. The average Bonchev–Trinajstić information content (AvgIpc) is 1.49. The molecule has 0 saturated carbocycles. The van der Waals surface area contributed by atoms with Crippen molar-refractivity contribution < 1.29 is 13.6 Å². The molecule has 0 bridgehead atoms. The molecular weight excluding hydrogens is 1580 g/mol. The summed E-state index contributed by atoms with van der Waals surface area (Å²) in [5.41, 5.74) is 38.1. The van der Waals surface area contributed by atoms with Gasteiger partial charge in [0.1, 0.15) is 33.8 Å². The monoisotopic (exact) mass is 1680 g/mol. The van der Waals surface area contributed by atoms with Gasteiger partial charge in [0, 0.05) is 89.4 Å². The topological polar surface area (TPSA) is 46.9 Å². The minimum atomic E-state index is -0.844. The fourth-order valence-corrected chi connectivity index (χ4v) is 22.1. The number of para-hydroxylation sites is 4. The number of rotatable bonds is 8. The first-order valence-corrected chi connectivity index (χ1v) is 46.2. The van der Waals surface area contributed by atoms with Gasteiger partial charge in [-0.05, 0) is 194 Å². The van der Waals surface area contributed by atoms with Crippen molar-refractivity contribution in [1.82, 2.24) is 4.57 Å². The summed E-state index contributed by atoms with van der Waals surface area (Å²) >= 11 is 0. The molecule has 0 amide bonds. The zero-order chi connectivity index (χ0) is 88.7. The van der Waals surface area contributed by atoms with Crippen molar-refractivity contribution in [2.24, 2.45) is 0 Å². The maximum atomic E-state index is 7.92. The van der Waals surface area contributed by atoms with Gasteiger partial charge in [-0.3, -0.25) is 0 Å². The van der Waals surface area contributed by atoms with E-state index >= 15 is 0 Å². The molecule has 0 unspecified atom stereocenters. The molecule has 0 fully saturated rings. The third kappa shape index (κ3) is 11.9. The Labute approximate surface area is 761 Å². The van der Waals surface area contributed by atoms with Crippen LogP contribution in [0.5, 0.6) is 11.5 Å². The van der Waals surface area contributed by atoms with Gasteiger partial charge in [-0.1, -0.05) is 377 Å². The maximum Gasteiger partial charge on any atom is 0.252 e. The molecule has 4 aliphatic rings. The standard InChI is InChI=1S/C123H102BN3O3/c1-118(2,3)79-59-77(60-80(64-79)119(4,5)6)91-69-93(74-39-21-17-22-40-74)116-111(89-46-28-34-52-107(89)129-116)114(91)126-103-68-84(125-101-51-33-27-45-87(101)88-57-55-76(63-102(88)125)73-37-19-16-20-38-73)56-58-99(103)124-100-71-98-110(128-109-54-36-32-50-97(109)123(98)95-48-30-25-43-85(95)86-44-26-31-49-96(86)123)72-104(100)127(106-67-83(122(13,14)15)66-105(126)113(106)124)115-92(78-61-81(120(7,8)9)65-82(62-78)121(10,11)12)70-94(75-41-23-18-24-42-75)117-112(115)90-47-29-35-53-108(90)130-117/h16-72H,1-15H3. The van der Waals surface area contributed by atoms with E-state index in [0.717, 1.165) is 189 Å². The number of hydrogen-bond donors (Lipinski definition) is 0. The van der Waals surface area contributed by atoms with Crippen molar-refractivity contribution in [3.8, 4) is 83.9 Å². The normalized spacial score (nSPS) is 13.9. The first kappa shape index (κ1) is 79.0. The molecule has 6 heterocycles. The van der Waals surface area contributed by atoms with Crippen LogP contribution in [0.4, 0.5) is 34.1 Å². The molecule has 1 spiro atoms. The Balaban J connectivity index is 0.928. The minimum Gasteiger partial charge on any atom is -0.457 e. The highest BCUT2D eigenvalue weighted by molar-refractivity contribution is 7.00. The molecule has 24 rings (SSSR count). The van der Waals surface area contributed by atoms with E-state index in [0.29, 0.717) is 0 Å². The predicted molar refractivity (Wildman–Crippen MR) is 547 cm³/mol. The summed E-state index contributed by atoms with van der Waals surface area (Å²) in [5, 5.41) is 6.45. The van der Waals surface area contributed by atoms with Crippen LogP contribution in [0.15, 0.2) is 355 Å². The molecule has 3 aliphatic heterocycles. The van der Waals surface area contributed by atoms with Crippen molar-refractivity contribution in [2.75, 3.05) is 9.80 Å². The van der Waals surface area contributed by atoms with Gasteiger partial charge in [-0.15, -0.1) is 0 Å². The van der Waals surface area contributed by atoms with E-state index in [1.807, 2.05) is 0 Å². The first-order valence-electron chi connectivity index (χ1n) is 46.2. The molecule has 630 valence electrons. The molecule has 20 aromatic rings. The van der Waals surface area contributed by atoms with Crippen molar-refractivity contribution >= 4 is 123 Å². The van der Waals surface area contributed by atoms with Crippen molar-refractivity contribution in [1.29, 1.82) is 0 Å². The van der Waals surface area contributed by atoms with E-state index in [1.54, 1.807) is 0 Å². The van der Waals surface area contributed by atoms with Crippen molar-refractivity contribution in [2.45, 2.75) is 136 Å². The highest BCUT2D eigenvalue weighted by Gasteiger charge is 2.54. The molecular formula is C123H102BN3O3. The lowest BCUT2D eigenvalue weighted by atomic mass is 9.33. The summed E-state index contributed by atoms with van der Waals surface area (Å²) in [5.74, 6) is 1.62. The van der Waals surface area contributed by atoms with Gasteiger partial charge in [-0.25, -0.2) is 0 Å². The van der Waals surface area contributed by atoms with Gasteiger partial charge >= 0.3 is 0 Å². The van der Waals surface area contributed by atoms with Crippen molar-refractivity contribution in [3.63, 3.8) is 0 Å². The first-order chi connectivity index (χ1) is 62.6. The maximum absolute atomic E-state index is 7.92. The Hall–Kier alpha value is -14.4. The van der Waals surface area contributed by atoms with E-state index in [9.17, 15) is 0 Å². The average molecular weight is 1680 g/mol. The van der Waals surface area contributed by atoms with Crippen LogP contribution < -0.4 is 30.9 Å². The lowest BCUT2D eigenvalue weighted by molar-refractivity contribution is 0.437. The molecule has 1 aliphatic carbocycles. The zero-order valence-electron chi connectivity index (χ0n) is 76.6. The Bertz CT molecular complexity index is 8050. The van der Waals surface area contributed by atoms with E-state index in [1.165, 1.54) is 60.7 Å². The van der Waals surface area contributed by atoms with Crippen molar-refractivity contribution in [3.05, 3.63) is 396 Å². The number of hydrogen-bond acceptors (Lipinski definition) is 5. The van der Waals surface area contributed by atoms with Crippen LogP contribution in [0.25, 0.3) is 138 Å². The molecule has 130 heavy (non-hydrogen) atoms. The largest absolute Gasteiger partial charge is 0.457 e. The second-order valence-electron chi connectivity index (χ2n) is 41.9. The molecule has 0 N–H and O–H groups in total. The van der Waals surface area contributed by atoms with Gasteiger partial charge in [0.2, 0.25) is 0 Å². The van der Waals surface area contributed by atoms with Gasteiger partial charge in [-0.2, -0.15) is 0 Å². The highest BCUT2D eigenvalue weighted by atomic mass is 16.5. The molecule has 7 heteroatoms. The van der Waals surface area contributed by atoms with Gasteiger partial charge in [0.25, 0.3) is 6.71 Å². The summed E-state index contributed by atoms with van der Waals surface area (Å²) in [4.78, 5) is 5.49. The Morgan fingerprint density at radius 1 is 0.262 bits per heavy atom. The number of ether oxygens (including phenoxy) is 1. The highest BCUT2D eigenvalue weighted by Crippen LogP contribution is 2.65. The molecule has 0 atom stereocenters. The summed E-state index contributed by atoms with van der Waals surface area (Å²) in [6, 6.07) is 132. The Morgan fingerprint density at radius 3 is 1.19 bits per heavy atom. The van der Waals surface area contributed by atoms with Gasteiger partial charge in [0.15, 0.2) is 0 Å². The fourth-order valence-electron chi connectivity index (χ4n) is 22.1. The lowest BCUT2D eigenvalue weighted by Gasteiger charge is -2.47. The molecule has 0 radical (unpaired) electrons. The molecule has 0 saturated heterocycles. The third-order valence-electron chi connectivity index (χ3n) is 28.7. The van der Waals surface area contributed by atoms with E-state index in [-0.39, 0.29) is 21.7 Å². The van der Waals surface area contributed by atoms with Gasteiger partial charge < -0.3 is 27.9 Å². The number of fused-ring (bicyclic) bond motifs is 22. The summed E-state index contributed by atoms with van der Waals surface area (Å²) in [6.45, 7) is 35.2. The van der Waals surface area contributed by atoms with E-state index < -0.39 is 17.5 Å². The molecule has 6 nitrogen and oxygen atoms in total. The fraction of sp³-hybridized carbons (Fsp3) is 0.171. The second kappa shape index (κ2) is 28.3. The predicted octanol–water partition coefficient (Wildman–Crippen LogP) is 32.0. The second-order valence-corrected chi connectivity index (χ2v) is 41.9. The third-order valence-corrected chi connectivity index (χ3v) is 28.7. The molecule has 3 aromatic heterocycles. The smallest absolute Gasteiger partial charge is 0.252 e. The van der Waals surface area contributed by atoms with E-state index in [4.69, 9.17) is 13.6 Å². The van der Waals surface area contributed by atoms with Crippen LogP contribution in [-0.2, 0) is 32.5 Å². The summed E-state index contributed by atoms with van der Waals surface area (Å²) in [7, 11) is 0. The summed E-state index contributed by atoms with van der Waals surface area (Å²) in [6.07, 6.45) is 0. The summed E-state index contributed by atoms with van der Waals surface area (Å²) < 4.78 is 25.9. The van der Waals surface area contributed by atoms with Crippen LogP contribution in [0.3, 0.4) is 0 Å². The number of nitrogens with zero attached hydrogens (tertiary/aromatic N) is 3. The Morgan fingerprint density at radius 2 is 0.685 bits per heavy atom. The Kier molecular flexibility index (Phi) is 17.2. The zero-order valence-corrected chi connectivity index (χ0v) is 76.6. The lowest BCUT2D eigenvalue weighted by Crippen LogP contribution is -2.62. The van der Waals surface area contributed by atoms with Crippen LogP contribution in [0.1, 0.15) is 154 Å². The van der Waals surface area contributed by atoms with Crippen LogP contribution in [0.2, 0.25) is 0 Å². The quantitative estimate of drug-likeness (QED) is 0.142. The number of furan rings is 2. The SMILES string of the molecule is CC(C)(C)c1cc(-c2cc(-c3ccccc3)c3oc4ccccc4c3c2N2c3cc(-n4c5ccccc5c5ccc(-c6ccccc6)cc54)ccc3B3c4cc5c(cc4N(c4c(-c6cc(C(C)(C)C)cc(C(C)(C)C)c6)cc(-c6ccccc6)c6oc7ccccc7c46)c4cc(C(C)(C)C)cc2c43)Oc2ccccc2C52c3ccccc3-c3ccccc32)cc(C(C)(C)C)c1. The number of anilines is 6. The minimum absolute atomic E-state index is 0.244. The molecule has 17 aromatic carbocycles. The van der Waals surface area contributed by atoms with E-state index in [2.05, 4.69) is 464 Å². The van der Waals surface area contributed by atoms with Gasteiger partial charge in [0.05, 0.1) is 38.6 Å². The van der Waals surface area contributed by atoms with Crippen LogP contribution in [-0.4, -0.2) is 11.3 Å². The number of aromatic nitrogens is 1. The van der Waals surface area contributed by atoms with Crippen LogP contribution in [0, 0.1) is 0 Å². The van der Waals surface area contributed by atoms with Crippen LogP contribution >= 0.6 is 0 Å².